The Hall–Kier alpha value is -2.30. The SMILES string of the molecule is Cc1nc(N)c(-c2ccc3c(c2)OCCCO3)nc1C. The van der Waals surface area contributed by atoms with Crippen LogP contribution in [0.15, 0.2) is 18.2 Å². The van der Waals surface area contributed by atoms with Crippen LogP contribution in [-0.2, 0) is 0 Å². The van der Waals surface area contributed by atoms with Gasteiger partial charge in [-0.25, -0.2) is 9.97 Å². The molecule has 20 heavy (non-hydrogen) atoms. The van der Waals surface area contributed by atoms with Crippen molar-refractivity contribution in [2.45, 2.75) is 20.3 Å². The van der Waals surface area contributed by atoms with Crippen molar-refractivity contribution in [3.8, 4) is 22.8 Å². The molecule has 0 bridgehead atoms. The fourth-order valence-corrected chi connectivity index (χ4v) is 2.14. The largest absolute Gasteiger partial charge is 0.490 e. The molecule has 0 fully saturated rings. The van der Waals surface area contributed by atoms with Crippen LogP contribution in [0.5, 0.6) is 11.5 Å². The molecule has 1 aromatic heterocycles. The number of nitrogen functional groups attached to an aromatic ring is 1. The van der Waals surface area contributed by atoms with Crippen molar-refractivity contribution in [3.05, 3.63) is 29.6 Å². The number of nitrogens with zero attached hydrogens (tertiary/aromatic N) is 2. The number of benzene rings is 1. The lowest BCUT2D eigenvalue weighted by molar-refractivity contribution is 0.297. The van der Waals surface area contributed by atoms with Gasteiger partial charge in [0.05, 0.1) is 24.6 Å². The van der Waals surface area contributed by atoms with Crippen LogP contribution in [0.25, 0.3) is 11.3 Å². The lowest BCUT2D eigenvalue weighted by atomic mass is 10.1. The fraction of sp³-hybridized carbons (Fsp3) is 0.333. The predicted molar refractivity (Wildman–Crippen MR) is 77.0 cm³/mol. The van der Waals surface area contributed by atoms with E-state index in [9.17, 15) is 0 Å². The summed E-state index contributed by atoms with van der Waals surface area (Å²) in [4.78, 5) is 8.85. The number of hydrogen-bond acceptors (Lipinski definition) is 5. The molecule has 0 atom stereocenters. The summed E-state index contributed by atoms with van der Waals surface area (Å²) in [5.41, 5.74) is 9.28. The minimum Gasteiger partial charge on any atom is -0.490 e. The van der Waals surface area contributed by atoms with E-state index in [-0.39, 0.29) is 0 Å². The summed E-state index contributed by atoms with van der Waals surface area (Å²) in [6, 6.07) is 5.74. The molecule has 1 aliphatic heterocycles. The molecule has 104 valence electrons. The first-order valence-electron chi connectivity index (χ1n) is 6.66. The zero-order valence-corrected chi connectivity index (χ0v) is 11.6. The Labute approximate surface area is 117 Å². The zero-order valence-electron chi connectivity index (χ0n) is 11.6. The highest BCUT2D eigenvalue weighted by Gasteiger charge is 2.14. The van der Waals surface area contributed by atoms with Gasteiger partial charge in [-0.1, -0.05) is 0 Å². The van der Waals surface area contributed by atoms with Crippen molar-refractivity contribution < 1.29 is 9.47 Å². The molecule has 2 N–H and O–H groups in total. The second-order valence-electron chi connectivity index (χ2n) is 4.84. The lowest BCUT2D eigenvalue weighted by Crippen LogP contribution is -2.02. The number of aromatic nitrogens is 2. The van der Waals surface area contributed by atoms with Gasteiger partial charge in [0.2, 0.25) is 0 Å². The van der Waals surface area contributed by atoms with Crippen LogP contribution in [0.1, 0.15) is 17.8 Å². The molecule has 0 amide bonds. The predicted octanol–water partition coefficient (Wildman–Crippen LogP) is 2.50. The molecule has 0 saturated carbocycles. The third kappa shape index (κ3) is 2.27. The van der Waals surface area contributed by atoms with Gasteiger partial charge < -0.3 is 15.2 Å². The maximum Gasteiger partial charge on any atom is 0.161 e. The van der Waals surface area contributed by atoms with Crippen molar-refractivity contribution in [2.24, 2.45) is 0 Å². The summed E-state index contributed by atoms with van der Waals surface area (Å²) in [7, 11) is 0. The number of anilines is 1. The molecule has 5 nitrogen and oxygen atoms in total. The van der Waals surface area contributed by atoms with Crippen molar-refractivity contribution in [1.29, 1.82) is 0 Å². The zero-order chi connectivity index (χ0) is 14.1. The summed E-state index contributed by atoms with van der Waals surface area (Å²) in [6.07, 6.45) is 0.885. The monoisotopic (exact) mass is 271 g/mol. The quantitative estimate of drug-likeness (QED) is 0.863. The third-order valence-electron chi connectivity index (χ3n) is 3.35. The number of rotatable bonds is 1. The number of fused-ring (bicyclic) bond motifs is 1. The van der Waals surface area contributed by atoms with Crippen LogP contribution >= 0.6 is 0 Å². The first kappa shape index (κ1) is 12.7. The van der Waals surface area contributed by atoms with Gasteiger partial charge in [0.1, 0.15) is 11.5 Å². The molecular formula is C15H17N3O2. The van der Waals surface area contributed by atoms with Crippen molar-refractivity contribution in [1.82, 2.24) is 9.97 Å². The molecular weight excluding hydrogens is 254 g/mol. The van der Waals surface area contributed by atoms with Crippen LogP contribution in [0.3, 0.4) is 0 Å². The van der Waals surface area contributed by atoms with Crippen molar-refractivity contribution in [2.75, 3.05) is 18.9 Å². The fourth-order valence-electron chi connectivity index (χ4n) is 2.14. The van der Waals surface area contributed by atoms with Crippen molar-refractivity contribution >= 4 is 5.82 Å². The van der Waals surface area contributed by atoms with Crippen LogP contribution in [0.2, 0.25) is 0 Å². The number of ether oxygens (including phenoxy) is 2. The second-order valence-corrected chi connectivity index (χ2v) is 4.84. The molecule has 2 heterocycles. The van der Waals surface area contributed by atoms with Gasteiger partial charge in [0.15, 0.2) is 11.5 Å². The van der Waals surface area contributed by atoms with E-state index in [2.05, 4.69) is 9.97 Å². The average molecular weight is 271 g/mol. The minimum absolute atomic E-state index is 0.433. The average Bonchev–Trinajstić information content (AvgIpc) is 2.67. The maximum atomic E-state index is 5.98. The topological polar surface area (TPSA) is 70.3 Å². The minimum atomic E-state index is 0.433. The Balaban J connectivity index is 2.07. The Kier molecular flexibility index (Phi) is 3.18. The molecule has 5 heteroatoms. The van der Waals surface area contributed by atoms with Crippen LogP contribution in [0, 0.1) is 13.8 Å². The van der Waals surface area contributed by atoms with Crippen LogP contribution in [0.4, 0.5) is 5.82 Å². The standard InChI is InChI=1S/C15H17N3O2/c1-9-10(2)18-15(16)14(17-9)11-4-5-12-13(8-11)20-7-3-6-19-12/h4-5,8H,3,6-7H2,1-2H3,(H2,16,18). The number of hydrogen-bond donors (Lipinski definition) is 1. The highest BCUT2D eigenvalue weighted by Crippen LogP contribution is 2.35. The van der Waals surface area contributed by atoms with E-state index in [1.54, 1.807) is 0 Å². The molecule has 3 rings (SSSR count). The highest BCUT2D eigenvalue weighted by molar-refractivity contribution is 5.72. The van der Waals surface area contributed by atoms with Gasteiger partial charge in [-0.3, -0.25) is 0 Å². The summed E-state index contributed by atoms with van der Waals surface area (Å²) in [6.45, 7) is 5.16. The molecule has 0 radical (unpaired) electrons. The van der Waals surface area contributed by atoms with Crippen LogP contribution in [-0.4, -0.2) is 23.2 Å². The maximum absolute atomic E-state index is 5.98. The van der Waals surface area contributed by atoms with Gasteiger partial charge in [-0.05, 0) is 32.0 Å². The molecule has 0 saturated heterocycles. The smallest absolute Gasteiger partial charge is 0.161 e. The van der Waals surface area contributed by atoms with Gasteiger partial charge in [-0.15, -0.1) is 0 Å². The number of nitrogens with two attached hydrogens (primary N) is 1. The highest BCUT2D eigenvalue weighted by atomic mass is 16.5. The van der Waals surface area contributed by atoms with Crippen LogP contribution < -0.4 is 15.2 Å². The van der Waals surface area contributed by atoms with Gasteiger partial charge in [-0.2, -0.15) is 0 Å². The first-order valence-corrected chi connectivity index (χ1v) is 6.66. The van der Waals surface area contributed by atoms with Gasteiger partial charge in [0.25, 0.3) is 0 Å². The van der Waals surface area contributed by atoms with E-state index >= 15 is 0 Å². The van der Waals surface area contributed by atoms with Gasteiger partial charge >= 0.3 is 0 Å². The lowest BCUT2D eigenvalue weighted by Gasteiger charge is -2.11. The summed E-state index contributed by atoms with van der Waals surface area (Å²) in [5.74, 6) is 1.93. The Morgan fingerprint density at radius 3 is 2.50 bits per heavy atom. The van der Waals surface area contributed by atoms with E-state index in [1.165, 1.54) is 0 Å². The first-order chi connectivity index (χ1) is 9.65. The summed E-state index contributed by atoms with van der Waals surface area (Å²) >= 11 is 0. The van der Waals surface area contributed by atoms with E-state index < -0.39 is 0 Å². The number of aryl methyl sites for hydroxylation is 2. The third-order valence-corrected chi connectivity index (χ3v) is 3.35. The molecule has 0 spiro atoms. The van der Waals surface area contributed by atoms with Crippen molar-refractivity contribution in [3.63, 3.8) is 0 Å². The Morgan fingerprint density at radius 2 is 1.70 bits per heavy atom. The van der Waals surface area contributed by atoms with E-state index in [0.717, 1.165) is 34.9 Å². The summed E-state index contributed by atoms with van der Waals surface area (Å²) < 4.78 is 11.3. The van der Waals surface area contributed by atoms with E-state index in [0.29, 0.717) is 24.7 Å². The molecule has 1 aromatic carbocycles. The van der Waals surface area contributed by atoms with E-state index in [4.69, 9.17) is 15.2 Å². The van der Waals surface area contributed by atoms with E-state index in [1.807, 2.05) is 32.0 Å². The molecule has 0 aliphatic carbocycles. The molecule has 0 unspecified atom stereocenters. The second kappa shape index (κ2) is 5.00. The Morgan fingerprint density at radius 1 is 1.00 bits per heavy atom. The summed E-state index contributed by atoms with van der Waals surface area (Å²) in [5, 5.41) is 0. The Bertz CT molecular complexity index is 656. The molecule has 2 aromatic rings. The van der Waals surface area contributed by atoms with Gasteiger partial charge in [0, 0.05) is 12.0 Å². The molecule has 1 aliphatic rings. The normalized spacial score (nSPS) is 13.9.